The second-order valence-corrected chi connectivity index (χ2v) is 9.55. The second kappa shape index (κ2) is 25.5. The molecule has 2 atom stereocenters. The average molecular weight is 466 g/mol. The van der Waals surface area contributed by atoms with Gasteiger partial charge in [0.15, 0.2) is 0 Å². The fraction of sp³-hybridized carbons (Fsp3) is 0.828. The van der Waals surface area contributed by atoms with Crippen molar-refractivity contribution in [3.05, 3.63) is 24.3 Å². The highest BCUT2D eigenvalue weighted by Gasteiger charge is 2.15. The maximum atomic E-state index is 11.0. The van der Waals surface area contributed by atoms with E-state index in [0.29, 0.717) is 0 Å². The summed E-state index contributed by atoms with van der Waals surface area (Å²) in [5, 5.41) is 21.7. The van der Waals surface area contributed by atoms with Gasteiger partial charge in [-0.05, 0) is 25.7 Å². The number of hydrogen-bond acceptors (Lipinski definition) is 3. The van der Waals surface area contributed by atoms with E-state index in [4.69, 9.17) is 0 Å². The fourth-order valence-corrected chi connectivity index (χ4v) is 4.11. The van der Waals surface area contributed by atoms with Crippen molar-refractivity contribution < 1.29 is 15.0 Å². The van der Waals surface area contributed by atoms with Crippen molar-refractivity contribution in [1.82, 2.24) is 5.32 Å². The van der Waals surface area contributed by atoms with E-state index in [-0.39, 0.29) is 12.5 Å². The highest BCUT2D eigenvalue weighted by molar-refractivity contribution is 5.73. The molecule has 3 N–H and O–H groups in total. The largest absolute Gasteiger partial charge is 0.394 e. The molecule has 0 aliphatic carbocycles. The molecule has 0 radical (unpaired) electrons. The number of rotatable bonds is 24. The summed E-state index contributed by atoms with van der Waals surface area (Å²) in [4.78, 5) is 11.0. The van der Waals surface area contributed by atoms with Gasteiger partial charge >= 0.3 is 0 Å². The monoisotopic (exact) mass is 465 g/mol. The van der Waals surface area contributed by atoms with Crippen molar-refractivity contribution in [2.45, 2.75) is 148 Å². The Bertz CT molecular complexity index is 475. The van der Waals surface area contributed by atoms with E-state index in [2.05, 4.69) is 24.4 Å². The van der Waals surface area contributed by atoms with Gasteiger partial charge < -0.3 is 15.5 Å². The lowest BCUT2D eigenvalue weighted by Crippen LogP contribution is -2.44. The number of amides is 1. The predicted octanol–water partition coefficient (Wildman–Crippen LogP) is 7.39. The molecule has 0 fully saturated rings. The van der Waals surface area contributed by atoms with Crippen LogP contribution in [-0.2, 0) is 4.79 Å². The van der Waals surface area contributed by atoms with E-state index in [1.54, 1.807) is 6.08 Å². The molecule has 0 aromatic carbocycles. The van der Waals surface area contributed by atoms with Crippen molar-refractivity contribution in [3.8, 4) is 0 Å². The lowest BCUT2D eigenvalue weighted by molar-refractivity contribution is -0.120. The van der Waals surface area contributed by atoms with E-state index in [1.807, 2.05) is 6.08 Å². The van der Waals surface area contributed by atoms with Gasteiger partial charge in [0.05, 0.1) is 18.8 Å². The van der Waals surface area contributed by atoms with Crippen molar-refractivity contribution in [2.24, 2.45) is 0 Å². The summed E-state index contributed by atoms with van der Waals surface area (Å²) >= 11 is 0. The third-order valence-electron chi connectivity index (χ3n) is 6.22. The van der Waals surface area contributed by atoms with Gasteiger partial charge in [0.2, 0.25) is 5.91 Å². The van der Waals surface area contributed by atoms with Crippen LogP contribution in [-0.4, -0.2) is 34.9 Å². The Kier molecular flexibility index (Phi) is 24.6. The van der Waals surface area contributed by atoms with Crippen LogP contribution in [0.2, 0.25) is 0 Å². The Morgan fingerprint density at radius 2 is 1.12 bits per heavy atom. The highest BCUT2D eigenvalue weighted by atomic mass is 16.3. The standard InChI is InChI=1S/C29H55NO3/c1-3-4-5-6-7-8-9-10-11-12-13-14-15-16-17-18-19-20-21-22-23-24-25-29(33)28(26-31)30-27(2)32/h20-21,24-25,28-29,31,33H,3-19,22-23,26H2,1-2H3,(H,30,32)/b21-20+,25-24+. The number of carbonyl (C=O) groups excluding carboxylic acids is 1. The fourth-order valence-electron chi connectivity index (χ4n) is 4.11. The summed E-state index contributed by atoms with van der Waals surface area (Å²) in [5.74, 6) is -0.251. The molecule has 0 aromatic rings. The first-order chi connectivity index (χ1) is 16.1. The van der Waals surface area contributed by atoms with Crippen LogP contribution < -0.4 is 5.32 Å². The lowest BCUT2D eigenvalue weighted by Gasteiger charge is -2.18. The third-order valence-corrected chi connectivity index (χ3v) is 6.22. The van der Waals surface area contributed by atoms with Crippen LogP contribution in [0.15, 0.2) is 24.3 Å². The van der Waals surface area contributed by atoms with Crippen molar-refractivity contribution in [2.75, 3.05) is 6.61 Å². The minimum absolute atomic E-state index is 0.251. The molecule has 4 nitrogen and oxygen atoms in total. The predicted molar refractivity (Wildman–Crippen MR) is 142 cm³/mol. The number of aliphatic hydroxyl groups is 2. The Morgan fingerprint density at radius 1 is 0.697 bits per heavy atom. The molecule has 0 bridgehead atoms. The molecule has 0 rings (SSSR count). The van der Waals surface area contributed by atoms with Crippen molar-refractivity contribution >= 4 is 5.91 Å². The summed E-state index contributed by atoms with van der Waals surface area (Å²) in [6.07, 6.45) is 32.6. The number of aliphatic hydroxyl groups excluding tert-OH is 2. The van der Waals surface area contributed by atoms with Crippen LogP contribution in [0.3, 0.4) is 0 Å². The number of carbonyl (C=O) groups is 1. The van der Waals surface area contributed by atoms with Crippen LogP contribution >= 0.6 is 0 Å². The minimum atomic E-state index is -0.854. The number of hydrogen-bond donors (Lipinski definition) is 3. The number of allylic oxidation sites excluding steroid dienone is 3. The van der Waals surface area contributed by atoms with Gasteiger partial charge in [-0.15, -0.1) is 0 Å². The van der Waals surface area contributed by atoms with Crippen LogP contribution in [0.25, 0.3) is 0 Å². The minimum Gasteiger partial charge on any atom is -0.394 e. The second-order valence-electron chi connectivity index (χ2n) is 9.55. The summed E-state index contributed by atoms with van der Waals surface area (Å²) in [7, 11) is 0. The zero-order chi connectivity index (χ0) is 24.4. The Hall–Kier alpha value is -1.13. The molecule has 0 aromatic heterocycles. The maximum Gasteiger partial charge on any atom is 0.217 e. The molecule has 0 spiro atoms. The zero-order valence-electron chi connectivity index (χ0n) is 21.9. The van der Waals surface area contributed by atoms with Crippen molar-refractivity contribution in [3.63, 3.8) is 0 Å². The van der Waals surface area contributed by atoms with Crippen LogP contribution in [0.1, 0.15) is 136 Å². The summed E-state index contributed by atoms with van der Waals surface area (Å²) in [5.41, 5.74) is 0. The SMILES string of the molecule is CCCCCCCCCCCCCCCCCC/C=C/CC/C=C/C(O)C(CO)NC(C)=O. The molecule has 33 heavy (non-hydrogen) atoms. The van der Waals surface area contributed by atoms with Gasteiger partial charge in [0.25, 0.3) is 0 Å². The zero-order valence-corrected chi connectivity index (χ0v) is 21.9. The van der Waals surface area contributed by atoms with E-state index in [0.717, 1.165) is 19.3 Å². The Morgan fingerprint density at radius 3 is 1.58 bits per heavy atom. The van der Waals surface area contributed by atoms with Gasteiger partial charge in [-0.2, -0.15) is 0 Å². The lowest BCUT2D eigenvalue weighted by atomic mass is 10.0. The van der Waals surface area contributed by atoms with Gasteiger partial charge in [-0.25, -0.2) is 0 Å². The van der Waals surface area contributed by atoms with Crippen LogP contribution in [0.5, 0.6) is 0 Å². The summed E-state index contributed by atoms with van der Waals surface area (Å²) in [6, 6.07) is -0.635. The first kappa shape index (κ1) is 31.9. The summed E-state index contributed by atoms with van der Waals surface area (Å²) in [6.45, 7) is 3.39. The molecule has 2 unspecified atom stereocenters. The van der Waals surface area contributed by atoms with Gasteiger partial charge in [-0.3, -0.25) is 4.79 Å². The topological polar surface area (TPSA) is 69.6 Å². The smallest absolute Gasteiger partial charge is 0.217 e. The van der Waals surface area contributed by atoms with Crippen LogP contribution in [0.4, 0.5) is 0 Å². The molecule has 1 amide bonds. The number of unbranched alkanes of at least 4 members (excludes halogenated alkanes) is 17. The number of nitrogens with one attached hydrogen (secondary N) is 1. The molecule has 0 heterocycles. The maximum absolute atomic E-state index is 11.0. The first-order valence-corrected chi connectivity index (χ1v) is 14.0. The molecule has 194 valence electrons. The van der Waals surface area contributed by atoms with Gasteiger partial charge in [0.1, 0.15) is 0 Å². The third kappa shape index (κ3) is 23.8. The molecule has 0 aliphatic rings. The van der Waals surface area contributed by atoms with E-state index in [9.17, 15) is 15.0 Å². The van der Waals surface area contributed by atoms with E-state index < -0.39 is 12.1 Å². The normalized spacial score (nSPS) is 13.7. The summed E-state index contributed by atoms with van der Waals surface area (Å²) < 4.78 is 0. The molecule has 4 heteroatoms. The van der Waals surface area contributed by atoms with Crippen LogP contribution in [0, 0.1) is 0 Å². The molecule has 0 saturated heterocycles. The highest BCUT2D eigenvalue weighted by Crippen LogP contribution is 2.14. The van der Waals surface area contributed by atoms with E-state index in [1.165, 1.54) is 110 Å². The molecular weight excluding hydrogens is 410 g/mol. The van der Waals surface area contributed by atoms with Crippen molar-refractivity contribution in [1.29, 1.82) is 0 Å². The molecule has 0 saturated carbocycles. The van der Waals surface area contributed by atoms with Gasteiger partial charge in [0, 0.05) is 6.92 Å². The Labute approximate surface area is 205 Å². The Balaban J connectivity index is 3.36. The average Bonchev–Trinajstić information content (AvgIpc) is 2.80. The molecule has 0 aliphatic heterocycles. The first-order valence-electron chi connectivity index (χ1n) is 14.0. The molecular formula is C29H55NO3. The quantitative estimate of drug-likeness (QED) is 0.103. The van der Waals surface area contributed by atoms with E-state index >= 15 is 0 Å². The van der Waals surface area contributed by atoms with Gasteiger partial charge in [-0.1, -0.05) is 128 Å².